The molecule has 0 aromatic heterocycles. The largest absolute Gasteiger partial charge is 0.393 e. The van der Waals surface area contributed by atoms with Gasteiger partial charge >= 0.3 is 0 Å². The van der Waals surface area contributed by atoms with E-state index < -0.39 is 0 Å². The first-order valence-corrected chi connectivity index (χ1v) is 13.3. The molecule has 4 rings (SSSR count). The summed E-state index contributed by atoms with van der Waals surface area (Å²) in [5, 5.41) is 10.3. The lowest BCUT2D eigenvalue weighted by Crippen LogP contribution is -2.44. The van der Waals surface area contributed by atoms with Gasteiger partial charge in [0, 0.05) is 0 Å². The van der Waals surface area contributed by atoms with E-state index in [1.165, 1.54) is 57.8 Å². The number of rotatable bonds is 6. The smallest absolute Gasteiger partial charge is 0.0543 e. The van der Waals surface area contributed by atoms with E-state index in [1.807, 2.05) is 5.57 Å². The maximum Gasteiger partial charge on any atom is 0.0543 e. The molecule has 170 valence electrons. The highest BCUT2D eigenvalue weighted by Crippen LogP contribution is 2.64. The van der Waals surface area contributed by atoms with Crippen LogP contribution in [0.25, 0.3) is 0 Å². The Morgan fingerprint density at radius 3 is 2.50 bits per heavy atom. The van der Waals surface area contributed by atoms with Gasteiger partial charge in [0.2, 0.25) is 0 Å². The molecule has 0 unspecified atom stereocenters. The summed E-state index contributed by atoms with van der Waals surface area (Å²) >= 11 is 0. The molecule has 30 heavy (non-hydrogen) atoms. The average Bonchev–Trinajstić information content (AvgIpc) is 3.06. The molecule has 0 spiro atoms. The summed E-state index contributed by atoms with van der Waals surface area (Å²) in [6.45, 7) is 14.9. The summed E-state index contributed by atoms with van der Waals surface area (Å²) in [4.78, 5) is 0. The zero-order valence-electron chi connectivity index (χ0n) is 20.8. The first-order chi connectivity index (χ1) is 14.2. The summed E-state index contributed by atoms with van der Waals surface area (Å²) in [5.41, 5.74) is 6.14. The zero-order chi connectivity index (χ0) is 21.7. The van der Waals surface area contributed by atoms with Crippen LogP contribution in [-0.2, 0) is 0 Å². The number of hydrogen-bond donors (Lipinski definition) is 1. The molecule has 1 heteroatoms. The highest BCUT2D eigenvalue weighted by molar-refractivity contribution is 5.49. The van der Waals surface area contributed by atoms with Crippen molar-refractivity contribution in [3.63, 3.8) is 0 Å². The average molecular weight is 413 g/mol. The van der Waals surface area contributed by atoms with Gasteiger partial charge in [0.25, 0.3) is 0 Å². The Morgan fingerprint density at radius 2 is 1.80 bits per heavy atom. The molecule has 0 heterocycles. The lowest BCUT2D eigenvalue weighted by atomic mass is 9.51. The van der Waals surface area contributed by atoms with Crippen LogP contribution in [0.5, 0.6) is 0 Å². The van der Waals surface area contributed by atoms with Crippen LogP contribution in [0.4, 0.5) is 0 Å². The second-order valence-corrected chi connectivity index (χ2v) is 12.4. The second-order valence-electron chi connectivity index (χ2n) is 12.4. The Hall–Kier alpha value is -0.560. The molecule has 7 atom stereocenters. The Balaban J connectivity index is 1.52. The van der Waals surface area contributed by atoms with Crippen LogP contribution >= 0.6 is 0 Å². The van der Waals surface area contributed by atoms with Crippen LogP contribution in [0.15, 0.2) is 22.8 Å². The molecular formula is C29H48O. The van der Waals surface area contributed by atoms with Gasteiger partial charge in [-0.1, -0.05) is 66.0 Å². The molecule has 0 saturated heterocycles. The molecule has 4 aliphatic rings. The van der Waals surface area contributed by atoms with Gasteiger partial charge < -0.3 is 5.11 Å². The van der Waals surface area contributed by atoms with E-state index in [9.17, 15) is 5.11 Å². The third-order valence-electron chi connectivity index (χ3n) is 10.6. The van der Waals surface area contributed by atoms with Gasteiger partial charge in [-0.2, -0.15) is 0 Å². The Labute approximate surface area is 186 Å². The van der Waals surface area contributed by atoms with Gasteiger partial charge in [0.15, 0.2) is 0 Å². The Bertz CT molecular complexity index is 699. The van der Waals surface area contributed by atoms with Crippen molar-refractivity contribution in [2.75, 3.05) is 0 Å². The fourth-order valence-corrected chi connectivity index (χ4v) is 8.42. The molecule has 1 nitrogen and oxygen atoms in total. The first kappa shape index (κ1) is 22.6. The summed E-state index contributed by atoms with van der Waals surface area (Å²) in [6.07, 6.45) is 16.6. The van der Waals surface area contributed by atoms with E-state index in [0.29, 0.717) is 16.7 Å². The summed E-state index contributed by atoms with van der Waals surface area (Å²) in [6, 6.07) is 0. The number of allylic oxidation sites excluding steroid dienone is 4. The topological polar surface area (TPSA) is 20.2 Å². The third kappa shape index (κ3) is 3.66. The second kappa shape index (κ2) is 8.42. The van der Waals surface area contributed by atoms with E-state index in [1.54, 1.807) is 11.1 Å². The van der Waals surface area contributed by atoms with E-state index in [2.05, 4.69) is 47.6 Å². The van der Waals surface area contributed by atoms with E-state index in [4.69, 9.17) is 0 Å². The first-order valence-electron chi connectivity index (χ1n) is 13.3. The van der Waals surface area contributed by atoms with Gasteiger partial charge in [-0.15, -0.1) is 0 Å². The fourth-order valence-electron chi connectivity index (χ4n) is 8.42. The van der Waals surface area contributed by atoms with Crippen molar-refractivity contribution >= 4 is 0 Å². The van der Waals surface area contributed by atoms with Gasteiger partial charge in [0.05, 0.1) is 6.10 Å². The highest BCUT2D eigenvalue weighted by Gasteiger charge is 2.52. The van der Waals surface area contributed by atoms with Gasteiger partial charge in [-0.05, 0) is 109 Å². The molecule has 0 radical (unpaired) electrons. The molecule has 0 bridgehead atoms. The normalized spacial score (nSPS) is 40.5. The van der Waals surface area contributed by atoms with Gasteiger partial charge in [-0.3, -0.25) is 0 Å². The van der Waals surface area contributed by atoms with Crippen molar-refractivity contribution in [2.45, 2.75) is 118 Å². The number of hydrogen-bond acceptors (Lipinski definition) is 1. The molecule has 1 saturated carbocycles. The molecule has 1 N–H and O–H groups in total. The van der Waals surface area contributed by atoms with E-state index >= 15 is 0 Å². The molecule has 1 fully saturated rings. The van der Waals surface area contributed by atoms with Crippen LogP contribution in [-0.4, -0.2) is 11.2 Å². The monoisotopic (exact) mass is 412 g/mol. The summed E-state index contributed by atoms with van der Waals surface area (Å²) in [7, 11) is 0. The van der Waals surface area contributed by atoms with Crippen LogP contribution in [0.1, 0.15) is 112 Å². The van der Waals surface area contributed by atoms with E-state index in [0.717, 1.165) is 36.5 Å². The minimum atomic E-state index is -0.0483. The molecule has 4 aliphatic carbocycles. The van der Waals surface area contributed by atoms with Gasteiger partial charge in [0.1, 0.15) is 0 Å². The summed E-state index contributed by atoms with van der Waals surface area (Å²) in [5.74, 6) is 4.09. The van der Waals surface area contributed by atoms with Crippen LogP contribution in [0, 0.1) is 40.4 Å². The summed E-state index contributed by atoms with van der Waals surface area (Å²) < 4.78 is 0. The van der Waals surface area contributed by atoms with Crippen molar-refractivity contribution in [3.8, 4) is 0 Å². The van der Waals surface area contributed by atoms with Crippen LogP contribution in [0.2, 0.25) is 0 Å². The SMILES string of the molecule is CC[C@@H](CC[C@@H](C)[C@H]1CC=C2C3=C(CC[C@@]21C)[C@@]1(C)CC[C@H](O)C[C@@H]1CC3)C(C)C. The number of fused-ring (bicyclic) bond motifs is 4. The zero-order valence-corrected chi connectivity index (χ0v) is 20.8. The van der Waals surface area contributed by atoms with Crippen molar-refractivity contribution in [1.29, 1.82) is 0 Å². The lowest BCUT2D eigenvalue weighted by molar-refractivity contribution is 0.0224. The minimum Gasteiger partial charge on any atom is -0.393 e. The van der Waals surface area contributed by atoms with E-state index in [-0.39, 0.29) is 6.10 Å². The fraction of sp³-hybridized carbons (Fsp3) is 0.862. The minimum absolute atomic E-state index is 0.0483. The number of aliphatic hydroxyl groups is 1. The molecule has 0 aliphatic heterocycles. The maximum atomic E-state index is 10.3. The Kier molecular flexibility index (Phi) is 6.35. The number of aliphatic hydroxyl groups excluding tert-OH is 1. The third-order valence-corrected chi connectivity index (χ3v) is 10.6. The molecule has 0 amide bonds. The van der Waals surface area contributed by atoms with Crippen molar-refractivity contribution in [2.24, 2.45) is 40.4 Å². The predicted octanol–water partition coefficient (Wildman–Crippen LogP) is 8.09. The molecular weight excluding hydrogens is 364 g/mol. The lowest BCUT2D eigenvalue weighted by Gasteiger charge is -2.54. The highest BCUT2D eigenvalue weighted by atomic mass is 16.3. The van der Waals surface area contributed by atoms with Crippen molar-refractivity contribution in [3.05, 3.63) is 22.8 Å². The molecule has 0 aromatic rings. The standard InChI is InChI=1S/C29H48O/c1-7-21(19(2)3)9-8-20(4)25-12-13-26-24-11-10-22-18-23(30)14-16-28(22,5)27(24)15-17-29(25,26)6/h13,19-23,25,30H,7-12,14-18H2,1-6H3/t20-,21+,22+,23+,25-,28+,29-/m1/s1. The van der Waals surface area contributed by atoms with Crippen LogP contribution < -0.4 is 0 Å². The van der Waals surface area contributed by atoms with Crippen molar-refractivity contribution in [1.82, 2.24) is 0 Å². The maximum absolute atomic E-state index is 10.3. The molecule has 0 aromatic carbocycles. The van der Waals surface area contributed by atoms with Crippen molar-refractivity contribution < 1.29 is 5.11 Å². The van der Waals surface area contributed by atoms with Gasteiger partial charge in [-0.25, -0.2) is 0 Å². The van der Waals surface area contributed by atoms with Crippen LogP contribution in [0.3, 0.4) is 0 Å². The predicted molar refractivity (Wildman–Crippen MR) is 128 cm³/mol. The quantitative estimate of drug-likeness (QED) is 0.467. The Morgan fingerprint density at radius 1 is 1.03 bits per heavy atom.